The number of anilines is 2. The topological polar surface area (TPSA) is 63.8 Å². The Bertz CT molecular complexity index is 661. The molecule has 22 heavy (non-hydrogen) atoms. The number of nitrogen functional groups attached to an aromatic ring is 1. The molecule has 1 aliphatic rings. The van der Waals surface area contributed by atoms with Crippen LogP contribution >= 0.6 is 11.3 Å². The number of nitrogens with two attached hydrogens (primary N) is 1. The number of pyridine rings is 1. The maximum absolute atomic E-state index is 13.2. The van der Waals surface area contributed by atoms with Crippen molar-refractivity contribution in [2.24, 2.45) is 0 Å². The maximum atomic E-state index is 13.2. The quantitative estimate of drug-likeness (QED) is 0.893. The number of thiazole rings is 1. The van der Waals surface area contributed by atoms with Crippen LogP contribution in [-0.4, -0.2) is 21.9 Å². The Morgan fingerprint density at radius 2 is 2.00 bits per heavy atom. The Morgan fingerprint density at radius 1 is 1.27 bits per heavy atom. The third-order valence-electron chi connectivity index (χ3n) is 3.75. The van der Waals surface area contributed by atoms with Gasteiger partial charge >= 0.3 is 0 Å². The van der Waals surface area contributed by atoms with Crippen LogP contribution in [0.1, 0.15) is 31.4 Å². The lowest BCUT2D eigenvalue weighted by Gasteiger charge is -2.29. The number of hydrogen-bond acceptors (Lipinski definition) is 5. The highest BCUT2D eigenvalue weighted by molar-refractivity contribution is 7.13. The second kappa shape index (κ2) is 5.79. The Labute approximate surface area is 131 Å². The molecule has 0 aliphatic heterocycles. The summed E-state index contributed by atoms with van der Waals surface area (Å²) in [7, 11) is 0. The van der Waals surface area contributed by atoms with Gasteiger partial charge in [-0.2, -0.15) is 0 Å². The van der Waals surface area contributed by atoms with Gasteiger partial charge in [0.05, 0.1) is 0 Å². The molecule has 0 spiro atoms. The minimum atomic E-state index is -2.52. The van der Waals surface area contributed by atoms with E-state index in [1.54, 1.807) is 12.1 Å². The van der Waals surface area contributed by atoms with E-state index in [0.717, 1.165) is 10.7 Å². The first-order valence-electron chi connectivity index (χ1n) is 7.26. The number of nitrogens with one attached hydrogen (secondary N) is 1. The van der Waals surface area contributed by atoms with E-state index in [1.165, 1.54) is 11.3 Å². The Balaban J connectivity index is 1.76. The second-order valence-corrected chi connectivity index (χ2v) is 6.60. The van der Waals surface area contributed by atoms with Gasteiger partial charge in [-0.05, 0) is 25.8 Å². The molecule has 3 rings (SSSR count). The SMILES string of the molecule is Cc1csc(-c2cc(N)cc(NC3CCC(F)(F)CC3)n2)n1. The zero-order valence-corrected chi connectivity index (χ0v) is 13.1. The summed E-state index contributed by atoms with van der Waals surface area (Å²) in [6.45, 7) is 1.92. The summed E-state index contributed by atoms with van der Waals surface area (Å²) < 4.78 is 26.4. The van der Waals surface area contributed by atoms with Gasteiger partial charge < -0.3 is 11.1 Å². The molecule has 0 aromatic carbocycles. The normalized spacial score (nSPS) is 18.3. The van der Waals surface area contributed by atoms with Crippen molar-refractivity contribution in [2.45, 2.75) is 44.6 Å². The van der Waals surface area contributed by atoms with Gasteiger partial charge in [0.15, 0.2) is 0 Å². The molecule has 0 unspecified atom stereocenters. The molecule has 118 valence electrons. The Morgan fingerprint density at radius 3 is 2.64 bits per heavy atom. The zero-order chi connectivity index (χ0) is 15.7. The van der Waals surface area contributed by atoms with Crippen LogP contribution in [0.15, 0.2) is 17.5 Å². The number of halogens is 2. The van der Waals surface area contributed by atoms with Gasteiger partial charge in [-0.25, -0.2) is 18.7 Å². The summed E-state index contributed by atoms with van der Waals surface area (Å²) in [5.74, 6) is -1.90. The molecule has 1 saturated carbocycles. The summed E-state index contributed by atoms with van der Waals surface area (Å²) in [6.07, 6.45) is 0.724. The molecule has 0 bridgehead atoms. The van der Waals surface area contributed by atoms with E-state index in [1.807, 2.05) is 12.3 Å². The van der Waals surface area contributed by atoms with E-state index in [2.05, 4.69) is 15.3 Å². The molecule has 2 heterocycles. The van der Waals surface area contributed by atoms with E-state index < -0.39 is 5.92 Å². The Kier molecular flexibility index (Phi) is 3.99. The van der Waals surface area contributed by atoms with Crippen LogP contribution < -0.4 is 11.1 Å². The summed E-state index contributed by atoms with van der Waals surface area (Å²) >= 11 is 1.51. The average molecular weight is 324 g/mol. The van der Waals surface area contributed by atoms with Crippen molar-refractivity contribution in [1.29, 1.82) is 0 Å². The standard InChI is InChI=1S/C15H18F2N4S/c1-9-8-22-14(19-9)12-6-10(18)7-13(21-12)20-11-2-4-15(16,17)5-3-11/h6-8,11H,2-5H2,1H3,(H3,18,20,21). The number of rotatable bonds is 3. The summed E-state index contributed by atoms with van der Waals surface area (Å²) in [5.41, 5.74) is 8.16. The Hall–Kier alpha value is -1.76. The molecule has 2 aromatic rings. The number of hydrogen-bond donors (Lipinski definition) is 2. The molecule has 3 N–H and O–H groups in total. The predicted molar refractivity (Wildman–Crippen MR) is 85.3 cm³/mol. The van der Waals surface area contributed by atoms with Crippen LogP contribution in [0.4, 0.5) is 20.3 Å². The fraction of sp³-hybridized carbons (Fsp3) is 0.467. The van der Waals surface area contributed by atoms with Crippen LogP contribution in [0, 0.1) is 6.92 Å². The highest BCUT2D eigenvalue weighted by atomic mass is 32.1. The second-order valence-electron chi connectivity index (χ2n) is 5.74. The first kappa shape index (κ1) is 15.1. The van der Waals surface area contributed by atoms with Crippen LogP contribution in [0.3, 0.4) is 0 Å². The fourth-order valence-electron chi connectivity index (χ4n) is 2.60. The maximum Gasteiger partial charge on any atom is 0.248 e. The summed E-state index contributed by atoms with van der Waals surface area (Å²) in [4.78, 5) is 8.92. The molecular formula is C15H18F2N4S. The lowest BCUT2D eigenvalue weighted by Crippen LogP contribution is -2.32. The zero-order valence-electron chi connectivity index (χ0n) is 12.3. The summed E-state index contributed by atoms with van der Waals surface area (Å²) in [6, 6.07) is 3.52. The van der Waals surface area contributed by atoms with E-state index in [4.69, 9.17) is 5.73 Å². The lowest BCUT2D eigenvalue weighted by atomic mass is 9.92. The molecule has 2 aromatic heterocycles. The van der Waals surface area contributed by atoms with Crippen molar-refractivity contribution >= 4 is 22.8 Å². The summed E-state index contributed by atoms with van der Waals surface area (Å²) in [5, 5.41) is 5.99. The monoisotopic (exact) mass is 324 g/mol. The first-order valence-corrected chi connectivity index (χ1v) is 8.14. The minimum Gasteiger partial charge on any atom is -0.399 e. The highest BCUT2D eigenvalue weighted by Gasteiger charge is 2.34. The van der Waals surface area contributed by atoms with E-state index in [9.17, 15) is 8.78 Å². The smallest absolute Gasteiger partial charge is 0.248 e. The van der Waals surface area contributed by atoms with Gasteiger partial charge in [-0.3, -0.25) is 0 Å². The van der Waals surface area contributed by atoms with Crippen molar-refractivity contribution < 1.29 is 8.78 Å². The highest BCUT2D eigenvalue weighted by Crippen LogP contribution is 2.34. The van der Waals surface area contributed by atoms with E-state index in [-0.39, 0.29) is 18.9 Å². The van der Waals surface area contributed by atoms with Crippen molar-refractivity contribution in [3.63, 3.8) is 0 Å². The van der Waals surface area contributed by atoms with Crippen molar-refractivity contribution in [2.75, 3.05) is 11.1 Å². The molecule has 0 radical (unpaired) electrons. The molecule has 0 saturated heterocycles. The predicted octanol–water partition coefficient (Wildman–Crippen LogP) is 4.09. The molecule has 1 aliphatic carbocycles. The molecule has 0 atom stereocenters. The first-order chi connectivity index (χ1) is 10.4. The van der Waals surface area contributed by atoms with Gasteiger partial charge in [0, 0.05) is 41.7 Å². The molecule has 1 fully saturated rings. The third kappa shape index (κ3) is 3.52. The van der Waals surface area contributed by atoms with Crippen molar-refractivity contribution in [3.8, 4) is 10.7 Å². The van der Waals surface area contributed by atoms with Crippen LogP contribution in [-0.2, 0) is 0 Å². The van der Waals surface area contributed by atoms with Gasteiger partial charge in [-0.15, -0.1) is 11.3 Å². The number of aromatic nitrogens is 2. The largest absolute Gasteiger partial charge is 0.399 e. The van der Waals surface area contributed by atoms with Gasteiger partial charge in [0.2, 0.25) is 5.92 Å². The van der Waals surface area contributed by atoms with Crippen LogP contribution in [0.5, 0.6) is 0 Å². The van der Waals surface area contributed by atoms with Gasteiger partial charge in [-0.1, -0.05) is 0 Å². The molecule has 7 heteroatoms. The van der Waals surface area contributed by atoms with Gasteiger partial charge in [0.25, 0.3) is 0 Å². The third-order valence-corrected chi connectivity index (χ3v) is 4.74. The van der Waals surface area contributed by atoms with E-state index in [0.29, 0.717) is 30.0 Å². The number of alkyl halides is 2. The van der Waals surface area contributed by atoms with Crippen LogP contribution in [0.25, 0.3) is 10.7 Å². The van der Waals surface area contributed by atoms with Gasteiger partial charge in [0.1, 0.15) is 16.5 Å². The minimum absolute atomic E-state index is 0.0137. The molecular weight excluding hydrogens is 306 g/mol. The number of nitrogens with zero attached hydrogens (tertiary/aromatic N) is 2. The number of aryl methyl sites for hydroxylation is 1. The fourth-order valence-corrected chi connectivity index (χ4v) is 3.36. The van der Waals surface area contributed by atoms with Crippen LogP contribution in [0.2, 0.25) is 0 Å². The van der Waals surface area contributed by atoms with Crippen molar-refractivity contribution in [3.05, 3.63) is 23.2 Å². The van der Waals surface area contributed by atoms with E-state index >= 15 is 0 Å². The molecule has 4 nitrogen and oxygen atoms in total. The average Bonchev–Trinajstić information content (AvgIpc) is 2.87. The lowest BCUT2D eigenvalue weighted by molar-refractivity contribution is -0.0361. The van der Waals surface area contributed by atoms with Crippen molar-refractivity contribution in [1.82, 2.24) is 9.97 Å². The molecule has 0 amide bonds.